The summed E-state index contributed by atoms with van der Waals surface area (Å²) in [5, 5.41) is 10.6. The van der Waals surface area contributed by atoms with Gasteiger partial charge < -0.3 is 33.8 Å². The van der Waals surface area contributed by atoms with Crippen molar-refractivity contribution in [3.8, 4) is 0 Å². The molecule has 0 aromatic heterocycles. The van der Waals surface area contributed by atoms with Crippen LogP contribution in [0.1, 0.15) is 323 Å². The van der Waals surface area contributed by atoms with Crippen LogP contribution < -0.4 is 0 Å². The maximum absolute atomic E-state index is 13.1. The summed E-state index contributed by atoms with van der Waals surface area (Å²) < 4.78 is 68.5. The quantitative estimate of drug-likeness (QED) is 0.0169. The van der Waals surface area contributed by atoms with Crippen molar-refractivity contribution >= 4 is 39.5 Å². The lowest BCUT2D eigenvalue weighted by atomic mass is 10.1. The van der Waals surface area contributed by atoms with E-state index in [4.69, 9.17) is 37.0 Å². The van der Waals surface area contributed by atoms with E-state index in [1.165, 1.54) is 77.0 Å². The number of phosphoric acid groups is 2. The molecular formula is C85H144O17P2. The largest absolute Gasteiger partial charge is 0.472 e. The van der Waals surface area contributed by atoms with Gasteiger partial charge in [-0.3, -0.25) is 37.3 Å². The summed E-state index contributed by atoms with van der Waals surface area (Å²) in [6, 6.07) is 0. The van der Waals surface area contributed by atoms with E-state index < -0.39 is 97.5 Å². The maximum Gasteiger partial charge on any atom is 0.472 e. The molecule has 596 valence electrons. The Labute approximate surface area is 631 Å². The van der Waals surface area contributed by atoms with E-state index in [1.807, 2.05) is 12.2 Å². The minimum atomic E-state index is -5.00. The lowest BCUT2D eigenvalue weighted by molar-refractivity contribution is -0.161. The average Bonchev–Trinajstić information content (AvgIpc) is 0.926. The van der Waals surface area contributed by atoms with Gasteiger partial charge in [-0.05, 0) is 161 Å². The molecule has 104 heavy (non-hydrogen) atoms. The molecule has 0 fully saturated rings. The zero-order valence-electron chi connectivity index (χ0n) is 65.2. The van der Waals surface area contributed by atoms with Crippen molar-refractivity contribution in [2.24, 2.45) is 0 Å². The smallest absolute Gasteiger partial charge is 0.462 e. The molecule has 0 aromatic rings. The summed E-state index contributed by atoms with van der Waals surface area (Å²) in [7, 11) is -9.99. The number of carbonyl (C=O) groups is 4. The Bertz CT molecular complexity index is 2490. The molecule has 3 N–H and O–H groups in total. The molecular weight excluding hydrogens is 1350 g/mol. The third-order valence-corrected chi connectivity index (χ3v) is 18.5. The fourth-order valence-corrected chi connectivity index (χ4v) is 12.0. The summed E-state index contributed by atoms with van der Waals surface area (Å²) >= 11 is 0. The third kappa shape index (κ3) is 75.4. The van der Waals surface area contributed by atoms with Crippen molar-refractivity contribution in [1.29, 1.82) is 0 Å². The van der Waals surface area contributed by atoms with E-state index in [0.717, 1.165) is 161 Å². The van der Waals surface area contributed by atoms with Crippen molar-refractivity contribution in [3.63, 3.8) is 0 Å². The lowest BCUT2D eigenvalue weighted by Crippen LogP contribution is -2.30. The summed E-state index contributed by atoms with van der Waals surface area (Å²) in [5.74, 6) is -2.29. The number of carbonyl (C=O) groups excluding carboxylic acids is 4. The number of hydrogen-bond donors (Lipinski definition) is 3. The summed E-state index contributed by atoms with van der Waals surface area (Å²) in [4.78, 5) is 73.0. The molecule has 3 unspecified atom stereocenters. The number of rotatable bonds is 75. The molecule has 19 heteroatoms. The second kappa shape index (κ2) is 76.4. The maximum atomic E-state index is 13.1. The van der Waals surface area contributed by atoms with E-state index in [1.54, 1.807) is 0 Å². The highest BCUT2D eigenvalue weighted by Gasteiger charge is 2.30. The zero-order chi connectivity index (χ0) is 76.0. The van der Waals surface area contributed by atoms with Crippen LogP contribution in [0.4, 0.5) is 0 Å². The van der Waals surface area contributed by atoms with Crippen LogP contribution in [0.15, 0.2) is 134 Å². The Morgan fingerprint density at radius 3 is 0.827 bits per heavy atom. The molecule has 0 heterocycles. The van der Waals surface area contributed by atoms with Crippen LogP contribution in [0.2, 0.25) is 0 Å². The van der Waals surface area contributed by atoms with Crippen LogP contribution in [-0.2, 0) is 65.4 Å². The highest BCUT2D eigenvalue weighted by atomic mass is 31.2. The van der Waals surface area contributed by atoms with Crippen molar-refractivity contribution in [2.75, 3.05) is 39.6 Å². The minimum absolute atomic E-state index is 0.0142. The summed E-state index contributed by atoms with van der Waals surface area (Å²) in [6.07, 6.45) is 85.7. The van der Waals surface area contributed by atoms with Gasteiger partial charge >= 0.3 is 39.5 Å². The molecule has 0 saturated heterocycles. The molecule has 0 radical (unpaired) electrons. The number of unbranched alkanes of at least 4 members (excludes halogenated alkanes) is 27. The first-order valence-corrected chi connectivity index (χ1v) is 43.4. The van der Waals surface area contributed by atoms with Gasteiger partial charge in [-0.2, -0.15) is 0 Å². The monoisotopic (exact) mass is 1500 g/mol. The molecule has 0 aromatic carbocycles. The topological polar surface area (TPSA) is 237 Å². The van der Waals surface area contributed by atoms with Gasteiger partial charge in [0.05, 0.1) is 26.4 Å². The molecule has 0 aliphatic rings. The van der Waals surface area contributed by atoms with Gasteiger partial charge in [0, 0.05) is 25.7 Å². The predicted molar refractivity (Wildman–Crippen MR) is 427 cm³/mol. The van der Waals surface area contributed by atoms with Crippen molar-refractivity contribution in [2.45, 2.75) is 341 Å². The van der Waals surface area contributed by atoms with Gasteiger partial charge in [0.25, 0.3) is 0 Å². The first-order chi connectivity index (χ1) is 50.7. The minimum Gasteiger partial charge on any atom is -0.462 e. The number of allylic oxidation sites excluding steroid dienone is 22. The molecule has 0 spiro atoms. The van der Waals surface area contributed by atoms with Gasteiger partial charge in [0.2, 0.25) is 0 Å². The van der Waals surface area contributed by atoms with E-state index in [-0.39, 0.29) is 25.7 Å². The second-order valence-corrected chi connectivity index (χ2v) is 29.5. The van der Waals surface area contributed by atoms with Crippen molar-refractivity contribution < 1.29 is 80.2 Å². The fourth-order valence-electron chi connectivity index (χ4n) is 10.4. The van der Waals surface area contributed by atoms with Gasteiger partial charge in [-0.1, -0.05) is 271 Å². The molecule has 0 saturated carbocycles. The zero-order valence-corrected chi connectivity index (χ0v) is 66.9. The fraction of sp³-hybridized carbons (Fsp3) is 0.694. The Morgan fingerprint density at radius 1 is 0.279 bits per heavy atom. The molecule has 0 bridgehead atoms. The van der Waals surface area contributed by atoms with E-state index in [0.29, 0.717) is 32.1 Å². The van der Waals surface area contributed by atoms with E-state index in [9.17, 15) is 43.2 Å². The molecule has 0 aliphatic carbocycles. The van der Waals surface area contributed by atoms with Gasteiger partial charge in [-0.25, -0.2) is 9.13 Å². The Kier molecular flexibility index (Phi) is 72.9. The van der Waals surface area contributed by atoms with E-state index >= 15 is 0 Å². The van der Waals surface area contributed by atoms with Crippen LogP contribution in [0.3, 0.4) is 0 Å². The van der Waals surface area contributed by atoms with Crippen LogP contribution in [0, 0.1) is 0 Å². The number of esters is 4. The molecule has 0 rings (SSSR count). The highest BCUT2D eigenvalue weighted by Crippen LogP contribution is 2.45. The van der Waals surface area contributed by atoms with Crippen LogP contribution in [0.25, 0.3) is 0 Å². The Balaban J connectivity index is 5.46. The van der Waals surface area contributed by atoms with Crippen LogP contribution in [-0.4, -0.2) is 96.7 Å². The second-order valence-electron chi connectivity index (χ2n) is 26.6. The average molecular weight is 1500 g/mol. The van der Waals surface area contributed by atoms with Gasteiger partial charge in [0.1, 0.15) is 19.3 Å². The van der Waals surface area contributed by atoms with Crippen molar-refractivity contribution in [1.82, 2.24) is 0 Å². The van der Waals surface area contributed by atoms with Gasteiger partial charge in [0.15, 0.2) is 12.2 Å². The Hall–Kier alpha value is -4.80. The van der Waals surface area contributed by atoms with Crippen LogP contribution >= 0.6 is 15.6 Å². The number of hydrogen-bond acceptors (Lipinski definition) is 15. The first kappa shape index (κ1) is 99.2. The standard InChI is InChI=1S/C85H144O17P2/c1-5-9-13-17-21-25-29-33-37-39-43-46-50-54-58-62-66-70-83(88)96-76-81(102-85(90)72-68-64-60-56-52-48-44-40-38-34-30-26-22-18-14-10-6-2)78-100-104(93,94)98-74-79(86)73-97-103(91,92)99-77-80(101-84(89)71-67-63-59-55-51-47-42-36-32-28-24-20-16-12-8-4)75-95-82(87)69-65-61-57-53-49-45-41-35-31-27-23-19-15-11-7-3/h9,13,21,23-25,27-28,33-38,41-44,46,48,56,60,79-81,86H,5-8,10-12,14-20,22,26,29-32,39-40,45,47,49-55,57-59,61-78H2,1-4H3,(H,91,92)(H,93,94)/b13-9-,25-21-,27-23-,28-24-,37-33-,38-34-,41-35-,42-36-,46-43-,48-44-,60-56-/t79?,80-,81-/m1/s1. The number of aliphatic hydroxyl groups excluding tert-OH is 1. The molecule has 5 atom stereocenters. The summed E-state index contributed by atoms with van der Waals surface area (Å²) in [5.41, 5.74) is 0. The van der Waals surface area contributed by atoms with Crippen molar-refractivity contribution in [3.05, 3.63) is 134 Å². The van der Waals surface area contributed by atoms with E-state index in [2.05, 4.69) is 149 Å². The lowest BCUT2D eigenvalue weighted by Gasteiger charge is -2.21. The summed E-state index contributed by atoms with van der Waals surface area (Å²) in [6.45, 7) is 4.60. The van der Waals surface area contributed by atoms with Crippen LogP contribution in [0.5, 0.6) is 0 Å². The highest BCUT2D eigenvalue weighted by molar-refractivity contribution is 7.47. The predicted octanol–water partition coefficient (Wildman–Crippen LogP) is 23.7. The number of phosphoric ester groups is 2. The normalized spacial score (nSPS) is 14.6. The third-order valence-electron chi connectivity index (χ3n) is 16.6. The number of ether oxygens (including phenoxy) is 4. The molecule has 0 aliphatic heterocycles. The Morgan fingerprint density at radius 2 is 0.510 bits per heavy atom. The number of aliphatic hydroxyl groups is 1. The molecule has 17 nitrogen and oxygen atoms in total. The molecule has 0 amide bonds. The SMILES string of the molecule is CC/C=C\C/C=C\C/C=C\C/C=C\CCCCCCC(=O)OC[C@H](COP(=O)(O)OCC(O)COP(=O)(O)OC[C@@H](COC(=O)CCCCCCC/C=C\C/C=C\CCCCC)OC(=O)CCCCCCC/C=C\C/C=C\CCCCC)OC(=O)CCC/C=C\C/C=C\C/C=C\CCCCCCCC. The first-order valence-electron chi connectivity index (χ1n) is 40.4. The van der Waals surface area contributed by atoms with Gasteiger partial charge in [-0.15, -0.1) is 0 Å².